The molecule has 0 bridgehead atoms. The van der Waals surface area contributed by atoms with Crippen molar-refractivity contribution in [2.75, 3.05) is 17.2 Å². The van der Waals surface area contributed by atoms with Crippen LogP contribution in [0.1, 0.15) is 29.3 Å². The van der Waals surface area contributed by atoms with Crippen molar-refractivity contribution in [2.24, 2.45) is 0 Å². The van der Waals surface area contributed by atoms with Gasteiger partial charge >= 0.3 is 0 Å². The molecule has 0 spiro atoms. The first-order valence-electron chi connectivity index (χ1n) is 7.56. The van der Waals surface area contributed by atoms with Crippen LogP contribution in [0, 0.1) is 0 Å². The van der Waals surface area contributed by atoms with Gasteiger partial charge in [0, 0.05) is 23.9 Å². The summed E-state index contributed by atoms with van der Waals surface area (Å²) in [5, 5.41) is 5.56. The highest BCUT2D eigenvalue weighted by Crippen LogP contribution is 2.27. The molecule has 118 valence electrons. The topological polar surface area (TPSA) is 67.4 Å². The molecule has 0 aliphatic carbocycles. The number of fused-ring (bicyclic) bond motifs is 1. The van der Waals surface area contributed by atoms with Crippen LogP contribution in [-0.2, 0) is 11.2 Å². The molecule has 3 rings (SSSR count). The quantitative estimate of drug-likeness (QED) is 0.914. The van der Waals surface area contributed by atoms with Crippen LogP contribution in [0.4, 0.5) is 11.4 Å². The van der Waals surface area contributed by atoms with Crippen molar-refractivity contribution < 1.29 is 14.3 Å². The Bertz CT molecular complexity index is 738. The standard InChI is InChI=1S/C18H18N2O3/c1-12(21)19-15-6-4-13(5-7-15)18(22)20-16-8-9-17-14(11-16)3-2-10-23-17/h4-9,11H,2-3,10H2,1H3,(H,19,21)(H,20,22). The van der Waals surface area contributed by atoms with Crippen molar-refractivity contribution in [3.8, 4) is 5.75 Å². The summed E-state index contributed by atoms with van der Waals surface area (Å²) in [7, 11) is 0. The summed E-state index contributed by atoms with van der Waals surface area (Å²) in [5.41, 5.74) is 3.08. The van der Waals surface area contributed by atoms with Crippen molar-refractivity contribution >= 4 is 23.2 Å². The Balaban J connectivity index is 1.70. The van der Waals surface area contributed by atoms with Gasteiger partial charge in [-0.1, -0.05) is 0 Å². The monoisotopic (exact) mass is 310 g/mol. The normalized spacial score (nSPS) is 12.7. The fourth-order valence-electron chi connectivity index (χ4n) is 2.55. The molecule has 2 aromatic carbocycles. The number of amides is 2. The van der Waals surface area contributed by atoms with Gasteiger partial charge in [-0.2, -0.15) is 0 Å². The van der Waals surface area contributed by atoms with Crippen LogP contribution in [0.15, 0.2) is 42.5 Å². The first-order valence-corrected chi connectivity index (χ1v) is 7.56. The van der Waals surface area contributed by atoms with Crippen LogP contribution in [0.5, 0.6) is 5.75 Å². The van der Waals surface area contributed by atoms with E-state index in [2.05, 4.69) is 10.6 Å². The second-order valence-electron chi connectivity index (χ2n) is 5.49. The Morgan fingerprint density at radius 3 is 2.48 bits per heavy atom. The minimum absolute atomic E-state index is 0.140. The zero-order valence-corrected chi connectivity index (χ0v) is 12.9. The average Bonchev–Trinajstić information content (AvgIpc) is 2.55. The minimum Gasteiger partial charge on any atom is -0.493 e. The molecule has 0 fully saturated rings. The first kappa shape index (κ1) is 15.1. The molecule has 0 aromatic heterocycles. The molecule has 23 heavy (non-hydrogen) atoms. The Morgan fingerprint density at radius 1 is 1.00 bits per heavy atom. The van der Waals surface area contributed by atoms with Crippen molar-refractivity contribution in [2.45, 2.75) is 19.8 Å². The van der Waals surface area contributed by atoms with E-state index in [4.69, 9.17) is 4.74 Å². The number of nitrogens with one attached hydrogen (secondary N) is 2. The van der Waals surface area contributed by atoms with E-state index in [1.165, 1.54) is 6.92 Å². The SMILES string of the molecule is CC(=O)Nc1ccc(C(=O)Nc2ccc3c(c2)CCCO3)cc1. The lowest BCUT2D eigenvalue weighted by Crippen LogP contribution is -2.14. The number of hydrogen-bond donors (Lipinski definition) is 2. The maximum absolute atomic E-state index is 12.3. The molecule has 5 nitrogen and oxygen atoms in total. The molecule has 0 atom stereocenters. The van der Waals surface area contributed by atoms with Gasteiger partial charge < -0.3 is 15.4 Å². The van der Waals surface area contributed by atoms with E-state index in [0.29, 0.717) is 11.3 Å². The zero-order valence-electron chi connectivity index (χ0n) is 12.9. The third kappa shape index (κ3) is 3.69. The van der Waals surface area contributed by atoms with Crippen LogP contribution >= 0.6 is 0 Å². The highest BCUT2D eigenvalue weighted by Gasteiger charge is 2.12. The number of anilines is 2. The molecule has 1 heterocycles. The fraction of sp³-hybridized carbons (Fsp3) is 0.222. The maximum Gasteiger partial charge on any atom is 0.255 e. The molecule has 1 aliphatic heterocycles. The second-order valence-corrected chi connectivity index (χ2v) is 5.49. The molecule has 0 saturated heterocycles. The van der Waals surface area contributed by atoms with Gasteiger partial charge in [0.25, 0.3) is 5.91 Å². The molecule has 1 aliphatic rings. The van der Waals surface area contributed by atoms with E-state index in [1.54, 1.807) is 24.3 Å². The first-order chi connectivity index (χ1) is 11.1. The van der Waals surface area contributed by atoms with E-state index in [0.717, 1.165) is 36.4 Å². The van der Waals surface area contributed by atoms with Crippen LogP contribution in [0.2, 0.25) is 0 Å². The summed E-state index contributed by atoms with van der Waals surface area (Å²) in [4.78, 5) is 23.3. The maximum atomic E-state index is 12.3. The summed E-state index contributed by atoms with van der Waals surface area (Å²) < 4.78 is 5.57. The van der Waals surface area contributed by atoms with Crippen LogP contribution < -0.4 is 15.4 Å². The fourth-order valence-corrected chi connectivity index (χ4v) is 2.55. The number of aryl methyl sites for hydroxylation is 1. The van der Waals surface area contributed by atoms with Crippen LogP contribution in [-0.4, -0.2) is 18.4 Å². The van der Waals surface area contributed by atoms with Crippen molar-refractivity contribution in [1.82, 2.24) is 0 Å². The molecule has 0 radical (unpaired) electrons. The summed E-state index contributed by atoms with van der Waals surface area (Å²) in [6.07, 6.45) is 1.96. The predicted octanol–water partition coefficient (Wildman–Crippen LogP) is 3.22. The van der Waals surface area contributed by atoms with Crippen molar-refractivity contribution in [3.05, 3.63) is 53.6 Å². The third-order valence-corrected chi connectivity index (χ3v) is 3.63. The van der Waals surface area contributed by atoms with Crippen LogP contribution in [0.25, 0.3) is 0 Å². The van der Waals surface area contributed by atoms with Gasteiger partial charge in [0.2, 0.25) is 5.91 Å². The number of carbonyl (C=O) groups is 2. The van der Waals surface area contributed by atoms with Gasteiger partial charge in [0.05, 0.1) is 6.61 Å². The van der Waals surface area contributed by atoms with E-state index >= 15 is 0 Å². The second kappa shape index (κ2) is 6.52. The smallest absolute Gasteiger partial charge is 0.255 e. The lowest BCUT2D eigenvalue weighted by Gasteiger charge is -2.18. The Labute approximate surface area is 134 Å². The molecule has 2 amide bonds. The van der Waals surface area contributed by atoms with Gasteiger partial charge in [-0.25, -0.2) is 0 Å². The lowest BCUT2D eigenvalue weighted by atomic mass is 10.1. The third-order valence-electron chi connectivity index (χ3n) is 3.63. The Kier molecular flexibility index (Phi) is 4.28. The van der Waals surface area contributed by atoms with Gasteiger partial charge in [0.15, 0.2) is 0 Å². The van der Waals surface area contributed by atoms with Gasteiger partial charge in [-0.15, -0.1) is 0 Å². The number of rotatable bonds is 3. The highest BCUT2D eigenvalue weighted by molar-refractivity contribution is 6.04. The minimum atomic E-state index is -0.184. The number of carbonyl (C=O) groups excluding carboxylic acids is 2. The molecule has 5 heteroatoms. The largest absolute Gasteiger partial charge is 0.493 e. The van der Waals surface area contributed by atoms with Gasteiger partial charge in [-0.3, -0.25) is 9.59 Å². The molecular formula is C18H18N2O3. The summed E-state index contributed by atoms with van der Waals surface area (Å²) in [6.45, 7) is 2.19. The molecular weight excluding hydrogens is 292 g/mol. The Hall–Kier alpha value is -2.82. The zero-order chi connectivity index (χ0) is 16.2. The van der Waals surface area contributed by atoms with E-state index in [1.807, 2.05) is 18.2 Å². The van der Waals surface area contributed by atoms with E-state index < -0.39 is 0 Å². The predicted molar refractivity (Wildman–Crippen MR) is 89.0 cm³/mol. The van der Waals surface area contributed by atoms with Gasteiger partial charge in [0.1, 0.15) is 5.75 Å². The summed E-state index contributed by atoms with van der Waals surface area (Å²) in [5.74, 6) is 0.573. The average molecular weight is 310 g/mol. The lowest BCUT2D eigenvalue weighted by molar-refractivity contribution is -0.114. The van der Waals surface area contributed by atoms with Crippen molar-refractivity contribution in [1.29, 1.82) is 0 Å². The molecule has 0 saturated carbocycles. The van der Waals surface area contributed by atoms with E-state index in [9.17, 15) is 9.59 Å². The van der Waals surface area contributed by atoms with Crippen LogP contribution in [0.3, 0.4) is 0 Å². The molecule has 0 unspecified atom stereocenters. The number of ether oxygens (including phenoxy) is 1. The summed E-state index contributed by atoms with van der Waals surface area (Å²) in [6, 6.07) is 12.5. The summed E-state index contributed by atoms with van der Waals surface area (Å²) >= 11 is 0. The number of hydrogen-bond acceptors (Lipinski definition) is 3. The van der Waals surface area contributed by atoms with E-state index in [-0.39, 0.29) is 11.8 Å². The number of benzene rings is 2. The van der Waals surface area contributed by atoms with Gasteiger partial charge in [-0.05, 0) is 60.9 Å². The highest BCUT2D eigenvalue weighted by atomic mass is 16.5. The van der Waals surface area contributed by atoms with Crippen molar-refractivity contribution in [3.63, 3.8) is 0 Å². The molecule has 2 aromatic rings. The molecule has 2 N–H and O–H groups in total. The Morgan fingerprint density at radius 2 is 1.74 bits per heavy atom.